The number of benzene rings is 1. The molecule has 4 nitrogen and oxygen atoms in total. The maximum absolute atomic E-state index is 12.0. The van der Waals surface area contributed by atoms with Crippen molar-refractivity contribution in [3.8, 4) is 0 Å². The fraction of sp³-hybridized carbons (Fsp3) is 0.0667. The van der Waals surface area contributed by atoms with E-state index in [0.29, 0.717) is 11.3 Å². The molecule has 0 aliphatic carbocycles. The van der Waals surface area contributed by atoms with Gasteiger partial charge in [0.25, 0.3) is 5.91 Å². The summed E-state index contributed by atoms with van der Waals surface area (Å²) in [6, 6.07) is 11.1. The molecule has 4 heteroatoms. The zero-order valence-electron chi connectivity index (χ0n) is 10.4. The van der Waals surface area contributed by atoms with Gasteiger partial charge in [0.1, 0.15) is 0 Å². The van der Waals surface area contributed by atoms with Gasteiger partial charge in [0.05, 0.1) is 11.3 Å². The summed E-state index contributed by atoms with van der Waals surface area (Å²) in [5.74, 6) is -0.116. The second-order valence-electron chi connectivity index (χ2n) is 4.42. The largest absolute Gasteiger partial charge is 0.342 e. The predicted molar refractivity (Wildman–Crippen MR) is 73.7 cm³/mol. The van der Waals surface area contributed by atoms with Crippen LogP contribution in [0.4, 0.5) is 5.69 Å². The molecule has 1 aromatic heterocycles. The van der Waals surface area contributed by atoms with Crippen molar-refractivity contribution in [3.63, 3.8) is 0 Å². The molecule has 1 aliphatic heterocycles. The minimum absolute atomic E-state index is 0.116. The number of rotatable bonds is 2. The molecule has 0 saturated carbocycles. The van der Waals surface area contributed by atoms with Crippen LogP contribution in [-0.4, -0.2) is 16.8 Å². The summed E-state index contributed by atoms with van der Waals surface area (Å²) in [5.41, 5.74) is 3.74. The Morgan fingerprint density at radius 2 is 1.84 bits per heavy atom. The van der Waals surface area contributed by atoms with Crippen molar-refractivity contribution in [2.24, 2.45) is 7.05 Å². The zero-order chi connectivity index (χ0) is 13.4. The number of anilines is 1. The average molecular weight is 252 g/mol. The summed E-state index contributed by atoms with van der Waals surface area (Å²) in [6.45, 7) is 0. The number of hydrogen-bond donors (Lipinski definition) is 1. The van der Waals surface area contributed by atoms with Crippen LogP contribution >= 0.6 is 0 Å². The van der Waals surface area contributed by atoms with Crippen LogP contribution in [-0.2, 0) is 11.8 Å². The molecule has 0 atom stereocenters. The van der Waals surface area contributed by atoms with Gasteiger partial charge in [-0.2, -0.15) is 0 Å². The Kier molecular flexibility index (Phi) is 2.56. The highest BCUT2D eigenvalue weighted by molar-refractivity contribution is 6.34. The van der Waals surface area contributed by atoms with Crippen molar-refractivity contribution >= 4 is 29.5 Å². The van der Waals surface area contributed by atoms with Crippen molar-refractivity contribution < 1.29 is 9.59 Å². The number of aldehydes is 1. The SMILES string of the molecule is Cn1c(C=O)ccc1C=C1C(=O)Nc2ccccc21. The van der Waals surface area contributed by atoms with Crippen LogP contribution in [0, 0.1) is 0 Å². The van der Waals surface area contributed by atoms with Gasteiger partial charge in [-0.1, -0.05) is 18.2 Å². The van der Waals surface area contributed by atoms with Crippen molar-refractivity contribution in [2.75, 3.05) is 5.32 Å². The molecule has 0 saturated heterocycles. The van der Waals surface area contributed by atoms with E-state index in [-0.39, 0.29) is 5.91 Å². The average Bonchev–Trinajstić information content (AvgIpc) is 2.92. The molecular weight excluding hydrogens is 240 g/mol. The van der Waals surface area contributed by atoms with Crippen LogP contribution in [0.1, 0.15) is 21.7 Å². The van der Waals surface area contributed by atoms with Crippen LogP contribution in [0.3, 0.4) is 0 Å². The smallest absolute Gasteiger partial charge is 0.256 e. The molecule has 0 radical (unpaired) electrons. The van der Waals surface area contributed by atoms with Crippen LogP contribution < -0.4 is 5.32 Å². The summed E-state index contributed by atoms with van der Waals surface area (Å²) >= 11 is 0. The second-order valence-corrected chi connectivity index (χ2v) is 4.42. The van der Waals surface area contributed by atoms with Crippen molar-refractivity contribution in [1.82, 2.24) is 4.57 Å². The Balaban J connectivity index is 2.11. The van der Waals surface area contributed by atoms with Gasteiger partial charge in [0, 0.05) is 24.0 Å². The first-order valence-electron chi connectivity index (χ1n) is 5.94. The molecule has 19 heavy (non-hydrogen) atoms. The van der Waals surface area contributed by atoms with Crippen molar-refractivity contribution in [1.29, 1.82) is 0 Å². The monoisotopic (exact) mass is 252 g/mol. The lowest BCUT2D eigenvalue weighted by Gasteiger charge is -2.01. The first-order valence-corrected chi connectivity index (χ1v) is 5.94. The summed E-state index contributed by atoms with van der Waals surface area (Å²) in [6.07, 6.45) is 2.60. The summed E-state index contributed by atoms with van der Waals surface area (Å²) in [4.78, 5) is 22.8. The maximum atomic E-state index is 12.0. The topological polar surface area (TPSA) is 51.1 Å². The highest BCUT2D eigenvalue weighted by Gasteiger charge is 2.23. The molecule has 3 rings (SSSR count). The molecule has 94 valence electrons. The van der Waals surface area contributed by atoms with Gasteiger partial charge in [0.15, 0.2) is 6.29 Å². The summed E-state index contributed by atoms with van der Waals surface area (Å²) in [5, 5.41) is 2.82. The van der Waals surface area contributed by atoms with E-state index in [2.05, 4.69) is 5.32 Å². The molecule has 0 bridgehead atoms. The summed E-state index contributed by atoms with van der Waals surface area (Å²) < 4.78 is 1.76. The normalized spacial score (nSPS) is 15.4. The third-order valence-electron chi connectivity index (χ3n) is 3.32. The predicted octanol–water partition coefficient (Wildman–Crippen LogP) is 2.33. The number of hydrogen-bond acceptors (Lipinski definition) is 2. The Hall–Kier alpha value is -2.62. The Labute approximate surface area is 110 Å². The zero-order valence-corrected chi connectivity index (χ0v) is 10.4. The number of para-hydroxylation sites is 1. The van der Waals surface area contributed by atoms with E-state index in [1.807, 2.05) is 30.3 Å². The van der Waals surface area contributed by atoms with Crippen molar-refractivity contribution in [3.05, 3.63) is 53.3 Å². The molecule has 0 unspecified atom stereocenters. The van der Waals surface area contributed by atoms with Gasteiger partial charge in [-0.05, 0) is 24.3 Å². The van der Waals surface area contributed by atoms with Crippen LogP contribution in [0.15, 0.2) is 36.4 Å². The molecule has 1 amide bonds. The van der Waals surface area contributed by atoms with Gasteiger partial charge in [-0.15, -0.1) is 0 Å². The number of amides is 1. The molecule has 2 aromatic rings. The molecule has 0 fully saturated rings. The number of carbonyl (C=O) groups is 2. The van der Waals surface area contributed by atoms with E-state index >= 15 is 0 Å². The van der Waals surface area contributed by atoms with Crippen LogP contribution in [0.5, 0.6) is 0 Å². The molecule has 1 aromatic carbocycles. The second kappa shape index (κ2) is 4.24. The first-order chi connectivity index (χ1) is 9.20. The number of aromatic nitrogens is 1. The van der Waals surface area contributed by atoms with Crippen LogP contribution in [0.25, 0.3) is 11.6 Å². The van der Waals surface area contributed by atoms with Crippen LogP contribution in [0.2, 0.25) is 0 Å². The highest BCUT2D eigenvalue weighted by Crippen LogP contribution is 2.32. The molecular formula is C15H12N2O2. The van der Waals surface area contributed by atoms with E-state index in [4.69, 9.17) is 0 Å². The van der Waals surface area contributed by atoms with Gasteiger partial charge in [0.2, 0.25) is 0 Å². The third kappa shape index (κ3) is 1.78. The molecule has 2 heterocycles. The molecule has 1 N–H and O–H groups in total. The van der Waals surface area contributed by atoms with E-state index in [1.54, 1.807) is 23.8 Å². The molecule has 0 spiro atoms. The molecule has 1 aliphatic rings. The van der Waals surface area contributed by atoms with E-state index in [0.717, 1.165) is 23.2 Å². The maximum Gasteiger partial charge on any atom is 0.256 e. The Morgan fingerprint density at radius 1 is 1.11 bits per heavy atom. The van der Waals surface area contributed by atoms with E-state index in [1.165, 1.54) is 0 Å². The van der Waals surface area contributed by atoms with E-state index < -0.39 is 0 Å². The fourth-order valence-electron chi connectivity index (χ4n) is 2.24. The van der Waals surface area contributed by atoms with Gasteiger partial charge < -0.3 is 9.88 Å². The number of nitrogens with zero attached hydrogens (tertiary/aromatic N) is 1. The first kappa shape index (κ1) is 11.5. The highest BCUT2D eigenvalue weighted by atomic mass is 16.2. The lowest BCUT2D eigenvalue weighted by molar-refractivity contribution is -0.110. The minimum Gasteiger partial charge on any atom is -0.342 e. The minimum atomic E-state index is -0.116. The Morgan fingerprint density at radius 3 is 2.58 bits per heavy atom. The van der Waals surface area contributed by atoms with Gasteiger partial charge >= 0.3 is 0 Å². The number of nitrogens with one attached hydrogen (secondary N) is 1. The third-order valence-corrected chi connectivity index (χ3v) is 3.32. The van der Waals surface area contributed by atoms with Gasteiger partial charge in [-0.25, -0.2) is 0 Å². The summed E-state index contributed by atoms with van der Waals surface area (Å²) in [7, 11) is 1.80. The lowest BCUT2D eigenvalue weighted by atomic mass is 10.1. The number of carbonyl (C=O) groups excluding carboxylic acids is 2. The van der Waals surface area contributed by atoms with Gasteiger partial charge in [-0.3, -0.25) is 9.59 Å². The quantitative estimate of drug-likeness (QED) is 0.658. The number of fused-ring (bicyclic) bond motifs is 1. The van der Waals surface area contributed by atoms with E-state index in [9.17, 15) is 9.59 Å². The van der Waals surface area contributed by atoms with Crippen molar-refractivity contribution in [2.45, 2.75) is 0 Å². The lowest BCUT2D eigenvalue weighted by Crippen LogP contribution is -2.04. The Bertz CT molecular complexity index is 711. The standard InChI is InChI=1S/C15H12N2O2/c1-17-10(6-7-11(17)9-18)8-13-12-4-2-3-5-14(12)16-15(13)19/h2-9H,1H3,(H,16,19). The fourth-order valence-corrected chi connectivity index (χ4v) is 2.24.